The van der Waals surface area contributed by atoms with Crippen LogP contribution in [0, 0.1) is 0 Å². The van der Waals surface area contributed by atoms with Gasteiger partial charge in [0, 0.05) is 6.20 Å². The van der Waals surface area contributed by atoms with E-state index in [0.717, 1.165) is 0 Å². The second kappa shape index (κ2) is 3.10. The van der Waals surface area contributed by atoms with E-state index in [1.165, 1.54) is 24.1 Å². The van der Waals surface area contributed by atoms with Gasteiger partial charge < -0.3 is 0 Å². The van der Waals surface area contributed by atoms with E-state index in [1.807, 2.05) is 12.3 Å². The molecule has 0 saturated carbocycles. The molecule has 0 N–H and O–H groups in total. The van der Waals surface area contributed by atoms with E-state index in [2.05, 4.69) is 30.1 Å². The lowest BCUT2D eigenvalue weighted by atomic mass is 10.0. The minimum Gasteiger partial charge on any atom is -0.260 e. The van der Waals surface area contributed by atoms with Crippen LogP contribution in [0.2, 0.25) is 0 Å². The van der Waals surface area contributed by atoms with E-state index in [0.29, 0.717) is 5.92 Å². The molecule has 12 heavy (non-hydrogen) atoms. The predicted octanol–water partition coefficient (Wildman–Crippen LogP) is 2.99. The highest BCUT2D eigenvalue weighted by Crippen LogP contribution is 2.26. The first kappa shape index (κ1) is 7.53. The van der Waals surface area contributed by atoms with Gasteiger partial charge in [0.25, 0.3) is 0 Å². The van der Waals surface area contributed by atoms with Crippen molar-refractivity contribution in [2.75, 3.05) is 0 Å². The fourth-order valence-electron chi connectivity index (χ4n) is 1.68. The van der Waals surface area contributed by atoms with Crippen LogP contribution in [-0.4, -0.2) is 4.98 Å². The molecule has 1 nitrogen and oxygen atoms in total. The normalized spacial score (nSPS) is 21.6. The molecule has 0 spiro atoms. The fraction of sp³-hybridized carbons (Fsp3) is 0.364. The Morgan fingerprint density at radius 2 is 2.42 bits per heavy atom. The van der Waals surface area contributed by atoms with Gasteiger partial charge in [-0.15, -0.1) is 0 Å². The number of nitrogens with zero attached hydrogens (tertiary/aromatic N) is 1. The number of allylic oxidation sites excluding steroid dienone is 1. The molecule has 1 aromatic rings. The van der Waals surface area contributed by atoms with Gasteiger partial charge in [-0.3, -0.25) is 4.98 Å². The monoisotopic (exact) mass is 159 g/mol. The average molecular weight is 159 g/mol. The Morgan fingerprint density at radius 1 is 1.50 bits per heavy atom. The molecule has 1 aromatic heterocycles. The molecule has 1 heterocycles. The van der Waals surface area contributed by atoms with Crippen molar-refractivity contribution in [1.82, 2.24) is 4.98 Å². The highest BCUT2D eigenvalue weighted by Gasteiger charge is 2.11. The molecule has 1 aliphatic carbocycles. The van der Waals surface area contributed by atoms with Crippen LogP contribution in [-0.2, 0) is 0 Å². The van der Waals surface area contributed by atoms with E-state index < -0.39 is 0 Å². The molecular formula is C11H13N. The van der Waals surface area contributed by atoms with E-state index in [1.54, 1.807) is 0 Å². The lowest BCUT2D eigenvalue weighted by Crippen LogP contribution is -1.97. The molecule has 0 fully saturated rings. The van der Waals surface area contributed by atoms with E-state index in [9.17, 15) is 0 Å². The minimum absolute atomic E-state index is 0.608. The van der Waals surface area contributed by atoms with Gasteiger partial charge in [-0.25, -0.2) is 0 Å². The maximum absolute atomic E-state index is 4.41. The van der Waals surface area contributed by atoms with Crippen molar-refractivity contribution in [1.29, 1.82) is 0 Å². The molecule has 0 bridgehead atoms. The Morgan fingerprint density at radius 3 is 3.33 bits per heavy atom. The maximum Gasteiger partial charge on any atom is 0.0503 e. The predicted molar refractivity (Wildman–Crippen MR) is 50.9 cm³/mol. The van der Waals surface area contributed by atoms with Gasteiger partial charge in [-0.1, -0.05) is 25.1 Å². The lowest BCUT2D eigenvalue weighted by molar-refractivity contribution is 0.675. The third-order valence-corrected chi connectivity index (χ3v) is 2.40. The van der Waals surface area contributed by atoms with Crippen molar-refractivity contribution in [3.05, 3.63) is 35.7 Å². The number of fused-ring (bicyclic) bond motifs is 1. The van der Waals surface area contributed by atoms with Gasteiger partial charge in [0.1, 0.15) is 0 Å². The van der Waals surface area contributed by atoms with Crippen LogP contribution in [0.25, 0.3) is 6.08 Å². The summed E-state index contributed by atoms with van der Waals surface area (Å²) in [5.41, 5.74) is 2.55. The largest absolute Gasteiger partial charge is 0.260 e. The van der Waals surface area contributed by atoms with Crippen LogP contribution >= 0.6 is 0 Å². The summed E-state index contributed by atoms with van der Waals surface area (Å²) in [6.45, 7) is 2.25. The standard InChI is InChI=1S/C11H13N/c1-9-5-2-3-6-10-7-4-8-12-11(9)10/h3-4,6-9H,2,5H2,1H3. The number of hydrogen-bond acceptors (Lipinski definition) is 1. The van der Waals surface area contributed by atoms with Crippen LogP contribution in [0.4, 0.5) is 0 Å². The first-order valence-electron chi connectivity index (χ1n) is 4.49. The highest BCUT2D eigenvalue weighted by molar-refractivity contribution is 5.53. The van der Waals surface area contributed by atoms with Gasteiger partial charge >= 0.3 is 0 Å². The maximum atomic E-state index is 4.41. The Balaban J connectivity index is 2.49. The molecule has 1 unspecified atom stereocenters. The summed E-state index contributed by atoms with van der Waals surface area (Å²) in [5.74, 6) is 0.608. The molecule has 0 saturated heterocycles. The first-order chi connectivity index (χ1) is 5.88. The van der Waals surface area contributed by atoms with E-state index in [-0.39, 0.29) is 0 Å². The van der Waals surface area contributed by atoms with Gasteiger partial charge in [0.05, 0.1) is 5.69 Å². The number of hydrogen-bond donors (Lipinski definition) is 0. The van der Waals surface area contributed by atoms with Crippen LogP contribution in [0.15, 0.2) is 24.4 Å². The summed E-state index contributed by atoms with van der Waals surface area (Å²) in [4.78, 5) is 4.41. The Labute approximate surface area is 73.1 Å². The molecule has 0 radical (unpaired) electrons. The average Bonchev–Trinajstić information content (AvgIpc) is 2.29. The molecule has 1 aliphatic rings. The topological polar surface area (TPSA) is 12.9 Å². The van der Waals surface area contributed by atoms with Gasteiger partial charge in [0.2, 0.25) is 0 Å². The van der Waals surface area contributed by atoms with Crippen molar-refractivity contribution >= 4 is 6.08 Å². The van der Waals surface area contributed by atoms with Gasteiger partial charge in [0.15, 0.2) is 0 Å². The molecule has 0 aliphatic heterocycles. The molecule has 1 atom stereocenters. The molecule has 0 amide bonds. The zero-order chi connectivity index (χ0) is 8.39. The SMILES string of the molecule is CC1CCC=Cc2cccnc21. The van der Waals surface area contributed by atoms with Gasteiger partial charge in [-0.05, 0) is 30.4 Å². The Hall–Kier alpha value is -1.11. The van der Waals surface area contributed by atoms with E-state index in [4.69, 9.17) is 0 Å². The molecule has 1 heteroatoms. The minimum atomic E-state index is 0.608. The van der Waals surface area contributed by atoms with Crippen LogP contribution in [0.3, 0.4) is 0 Å². The van der Waals surface area contributed by atoms with Crippen LogP contribution in [0.5, 0.6) is 0 Å². The third-order valence-electron chi connectivity index (χ3n) is 2.40. The smallest absolute Gasteiger partial charge is 0.0503 e. The third kappa shape index (κ3) is 1.27. The van der Waals surface area contributed by atoms with Gasteiger partial charge in [-0.2, -0.15) is 0 Å². The molecule has 2 rings (SSSR count). The van der Waals surface area contributed by atoms with Crippen LogP contribution in [0.1, 0.15) is 36.9 Å². The van der Waals surface area contributed by atoms with Crippen molar-refractivity contribution in [3.63, 3.8) is 0 Å². The van der Waals surface area contributed by atoms with Crippen LogP contribution < -0.4 is 0 Å². The molecular weight excluding hydrogens is 146 g/mol. The number of aromatic nitrogens is 1. The summed E-state index contributed by atoms with van der Waals surface area (Å²) in [7, 11) is 0. The Kier molecular flexibility index (Phi) is 1.94. The quantitative estimate of drug-likeness (QED) is 0.567. The molecule has 0 aromatic carbocycles. The zero-order valence-corrected chi connectivity index (χ0v) is 7.33. The summed E-state index contributed by atoms with van der Waals surface area (Å²) in [6, 6.07) is 4.14. The number of pyridine rings is 1. The second-order valence-electron chi connectivity index (χ2n) is 3.36. The highest BCUT2D eigenvalue weighted by atomic mass is 14.7. The fourth-order valence-corrected chi connectivity index (χ4v) is 1.68. The second-order valence-corrected chi connectivity index (χ2v) is 3.36. The van der Waals surface area contributed by atoms with Crippen molar-refractivity contribution in [2.45, 2.75) is 25.7 Å². The number of rotatable bonds is 0. The summed E-state index contributed by atoms with van der Waals surface area (Å²) in [6.07, 6.45) is 8.71. The zero-order valence-electron chi connectivity index (χ0n) is 7.33. The van der Waals surface area contributed by atoms with Crippen molar-refractivity contribution < 1.29 is 0 Å². The van der Waals surface area contributed by atoms with E-state index >= 15 is 0 Å². The van der Waals surface area contributed by atoms with Crippen molar-refractivity contribution in [2.24, 2.45) is 0 Å². The first-order valence-corrected chi connectivity index (χ1v) is 4.49. The lowest BCUT2D eigenvalue weighted by Gasteiger charge is -2.09. The molecule has 62 valence electrons. The Bertz CT molecular complexity index is 302. The summed E-state index contributed by atoms with van der Waals surface area (Å²) < 4.78 is 0. The van der Waals surface area contributed by atoms with Crippen molar-refractivity contribution in [3.8, 4) is 0 Å². The summed E-state index contributed by atoms with van der Waals surface area (Å²) >= 11 is 0. The summed E-state index contributed by atoms with van der Waals surface area (Å²) in [5, 5.41) is 0.